The van der Waals surface area contributed by atoms with Crippen LogP contribution in [0.4, 0.5) is 0 Å². The van der Waals surface area contributed by atoms with Crippen LogP contribution in [0.3, 0.4) is 0 Å². The van der Waals surface area contributed by atoms with Crippen LogP contribution in [0.5, 0.6) is 0 Å². The van der Waals surface area contributed by atoms with Gasteiger partial charge in [0.05, 0.1) is 0 Å². The number of hydrogen-bond acceptors (Lipinski definition) is 2. The van der Waals surface area contributed by atoms with Crippen LogP contribution in [0.15, 0.2) is 23.8 Å². The number of hydrogen-bond donors (Lipinski definition) is 1. The van der Waals surface area contributed by atoms with E-state index in [-0.39, 0.29) is 0 Å². The average Bonchev–Trinajstić information content (AvgIpc) is 2.31. The minimum absolute atomic E-state index is 0.466. The van der Waals surface area contributed by atoms with Gasteiger partial charge in [0, 0.05) is 0 Å². The first-order valence-corrected chi connectivity index (χ1v) is 6.50. The average molecular weight is 237 g/mol. The number of carbonyl (C=O) groups is 1. The molecule has 1 fully saturated rings. The van der Waals surface area contributed by atoms with Gasteiger partial charge in [-0.3, -0.25) is 9.69 Å². The highest BCUT2D eigenvalue weighted by Crippen LogP contribution is 2.19. The molecule has 3 heteroatoms. The smallest absolute Gasteiger partial charge is 0.325 e. The lowest BCUT2D eigenvalue weighted by molar-refractivity contribution is -0.142. The Morgan fingerprint density at radius 2 is 2.00 bits per heavy atom. The fraction of sp³-hybridized carbons (Fsp3) is 0.643. The molecule has 1 rings (SSSR count). The van der Waals surface area contributed by atoms with Crippen molar-refractivity contribution in [2.24, 2.45) is 0 Å². The van der Waals surface area contributed by atoms with Gasteiger partial charge in [0.25, 0.3) is 0 Å². The number of carboxylic acids is 1. The number of aliphatic carboxylic acids is 1. The van der Waals surface area contributed by atoms with Crippen LogP contribution in [0, 0.1) is 0 Å². The molecule has 0 amide bonds. The summed E-state index contributed by atoms with van der Waals surface area (Å²) in [6.45, 7) is 5.77. The van der Waals surface area contributed by atoms with Gasteiger partial charge in [0.2, 0.25) is 0 Å². The molecule has 1 aliphatic rings. The van der Waals surface area contributed by atoms with E-state index in [0.29, 0.717) is 0 Å². The fourth-order valence-corrected chi connectivity index (χ4v) is 2.39. The molecule has 1 heterocycles. The maximum atomic E-state index is 11.5. The summed E-state index contributed by atoms with van der Waals surface area (Å²) in [6, 6.07) is -0.466. The second-order valence-electron chi connectivity index (χ2n) is 4.45. The molecule has 0 aromatic rings. The lowest BCUT2D eigenvalue weighted by Gasteiger charge is -2.32. The summed E-state index contributed by atoms with van der Waals surface area (Å²) in [6.07, 6.45) is 10.2. The molecule has 1 N–H and O–H groups in total. The normalized spacial score (nSPS) is 20.7. The van der Waals surface area contributed by atoms with Crippen molar-refractivity contribution < 1.29 is 9.90 Å². The number of nitrogens with zero attached hydrogens (tertiary/aromatic N) is 1. The molecule has 1 unspecified atom stereocenters. The van der Waals surface area contributed by atoms with Crippen LogP contribution in [-0.4, -0.2) is 35.1 Å². The number of carboxylic acid groups (broad SMARTS) is 1. The van der Waals surface area contributed by atoms with Gasteiger partial charge in [0.15, 0.2) is 0 Å². The van der Waals surface area contributed by atoms with Gasteiger partial charge < -0.3 is 5.11 Å². The van der Waals surface area contributed by atoms with Gasteiger partial charge in [0.1, 0.15) is 6.04 Å². The lowest BCUT2D eigenvalue weighted by Crippen LogP contribution is -2.45. The first kappa shape index (κ1) is 14.0. The van der Waals surface area contributed by atoms with Crippen LogP contribution < -0.4 is 0 Å². The molecule has 96 valence electrons. The van der Waals surface area contributed by atoms with E-state index in [2.05, 4.69) is 4.90 Å². The van der Waals surface area contributed by atoms with Crippen LogP contribution >= 0.6 is 0 Å². The zero-order chi connectivity index (χ0) is 12.7. The Morgan fingerprint density at radius 3 is 2.47 bits per heavy atom. The van der Waals surface area contributed by atoms with Crippen molar-refractivity contribution in [3.63, 3.8) is 0 Å². The van der Waals surface area contributed by atoms with Gasteiger partial charge in [-0.15, -0.1) is 0 Å². The molecule has 0 bridgehead atoms. The van der Waals surface area contributed by atoms with Crippen LogP contribution in [0.25, 0.3) is 0 Å². The monoisotopic (exact) mass is 237 g/mol. The Hall–Kier alpha value is -1.09. The molecule has 0 radical (unpaired) electrons. The van der Waals surface area contributed by atoms with E-state index in [0.717, 1.165) is 37.9 Å². The lowest BCUT2D eigenvalue weighted by atomic mass is 10.0. The second-order valence-corrected chi connectivity index (χ2v) is 4.45. The Bertz CT molecular complexity index is 301. The summed E-state index contributed by atoms with van der Waals surface area (Å²) in [5.74, 6) is -0.732. The van der Waals surface area contributed by atoms with E-state index < -0.39 is 12.0 Å². The van der Waals surface area contributed by atoms with E-state index in [1.54, 1.807) is 0 Å². The number of piperidine rings is 1. The van der Waals surface area contributed by atoms with Crippen LogP contribution in [0.1, 0.15) is 39.5 Å². The molecule has 0 saturated carbocycles. The van der Waals surface area contributed by atoms with Gasteiger partial charge in [-0.2, -0.15) is 0 Å². The summed E-state index contributed by atoms with van der Waals surface area (Å²) in [5.41, 5.74) is 0.921. The second kappa shape index (κ2) is 7.28. The van der Waals surface area contributed by atoms with E-state index in [4.69, 9.17) is 0 Å². The molecule has 1 saturated heterocycles. The first-order valence-electron chi connectivity index (χ1n) is 6.50. The number of allylic oxidation sites excluding steroid dienone is 2. The number of likely N-dealkylation sites (tertiary alicyclic amines) is 1. The molecular weight excluding hydrogens is 214 g/mol. The SMILES string of the molecule is C/C=C\C(=C/CC)C(C(=O)O)N1CCCCC1. The standard InChI is InChI=1S/C14H23NO2/c1-3-8-12(9-4-2)13(14(16)17)15-10-6-5-7-11-15/h3,8-9,13H,4-7,10-11H2,1-2H3,(H,16,17)/b8-3-,12-9+. The molecule has 0 aliphatic carbocycles. The number of rotatable bonds is 5. The quantitative estimate of drug-likeness (QED) is 0.747. The highest BCUT2D eigenvalue weighted by Gasteiger charge is 2.28. The molecule has 1 aliphatic heterocycles. The molecular formula is C14H23NO2. The fourth-order valence-electron chi connectivity index (χ4n) is 2.39. The van der Waals surface area contributed by atoms with Crippen molar-refractivity contribution in [1.82, 2.24) is 4.90 Å². The van der Waals surface area contributed by atoms with Crippen molar-refractivity contribution in [3.8, 4) is 0 Å². The van der Waals surface area contributed by atoms with Crippen molar-refractivity contribution in [2.45, 2.75) is 45.6 Å². The molecule has 17 heavy (non-hydrogen) atoms. The van der Waals surface area contributed by atoms with Gasteiger partial charge in [-0.05, 0) is 44.8 Å². The van der Waals surface area contributed by atoms with Gasteiger partial charge in [-0.1, -0.05) is 31.6 Å². The van der Waals surface area contributed by atoms with Gasteiger partial charge in [-0.25, -0.2) is 0 Å². The minimum Gasteiger partial charge on any atom is -0.480 e. The van der Waals surface area contributed by atoms with Crippen molar-refractivity contribution in [2.75, 3.05) is 13.1 Å². The summed E-state index contributed by atoms with van der Waals surface area (Å²) >= 11 is 0. The summed E-state index contributed by atoms with van der Waals surface area (Å²) in [5, 5.41) is 9.43. The maximum Gasteiger partial charge on any atom is 0.325 e. The summed E-state index contributed by atoms with van der Waals surface area (Å²) in [4.78, 5) is 13.6. The van der Waals surface area contributed by atoms with Crippen molar-refractivity contribution >= 4 is 5.97 Å². The van der Waals surface area contributed by atoms with E-state index in [9.17, 15) is 9.90 Å². The van der Waals surface area contributed by atoms with Crippen molar-refractivity contribution in [3.05, 3.63) is 23.8 Å². The Kier molecular flexibility index (Phi) is 5.98. The highest BCUT2D eigenvalue weighted by atomic mass is 16.4. The largest absolute Gasteiger partial charge is 0.480 e. The maximum absolute atomic E-state index is 11.5. The summed E-state index contributed by atoms with van der Waals surface area (Å²) in [7, 11) is 0. The molecule has 0 spiro atoms. The summed E-state index contributed by atoms with van der Waals surface area (Å²) < 4.78 is 0. The molecule has 3 nitrogen and oxygen atoms in total. The minimum atomic E-state index is -0.732. The van der Waals surface area contributed by atoms with Gasteiger partial charge >= 0.3 is 5.97 Å². The molecule has 0 aromatic heterocycles. The third-order valence-electron chi connectivity index (χ3n) is 3.10. The zero-order valence-electron chi connectivity index (χ0n) is 10.9. The Morgan fingerprint density at radius 1 is 1.35 bits per heavy atom. The van der Waals surface area contributed by atoms with Crippen LogP contribution in [0.2, 0.25) is 0 Å². The molecule has 0 aromatic carbocycles. The van der Waals surface area contributed by atoms with E-state index in [1.165, 1.54) is 6.42 Å². The topological polar surface area (TPSA) is 40.5 Å². The zero-order valence-corrected chi connectivity index (χ0v) is 10.9. The predicted molar refractivity (Wildman–Crippen MR) is 70.0 cm³/mol. The van der Waals surface area contributed by atoms with E-state index >= 15 is 0 Å². The predicted octanol–water partition coefficient (Wildman–Crippen LogP) is 2.84. The molecule has 1 atom stereocenters. The third-order valence-corrected chi connectivity index (χ3v) is 3.10. The van der Waals surface area contributed by atoms with E-state index in [1.807, 2.05) is 32.1 Å². The van der Waals surface area contributed by atoms with Crippen molar-refractivity contribution in [1.29, 1.82) is 0 Å². The third kappa shape index (κ3) is 4.00. The first-order chi connectivity index (χ1) is 8.20. The van der Waals surface area contributed by atoms with Crippen LogP contribution in [-0.2, 0) is 4.79 Å². The Balaban J connectivity index is 2.88. The Labute approximate surface area is 104 Å². The highest BCUT2D eigenvalue weighted by molar-refractivity contribution is 5.78.